The summed E-state index contributed by atoms with van der Waals surface area (Å²) in [5, 5.41) is 0. The molecule has 0 bridgehead atoms. The summed E-state index contributed by atoms with van der Waals surface area (Å²) in [5.41, 5.74) is 1.26. The molecule has 1 aromatic carbocycles. The Hall–Kier alpha value is -2.21. The van der Waals surface area contributed by atoms with Gasteiger partial charge < -0.3 is 9.47 Å². The number of hydrogen-bond acceptors (Lipinski definition) is 3. The lowest BCUT2D eigenvalue weighted by molar-refractivity contribution is -0.136. The topological polar surface area (TPSA) is 41.4 Å². The van der Waals surface area contributed by atoms with Gasteiger partial charge in [-0.25, -0.2) is 9.37 Å². The lowest BCUT2D eigenvalue weighted by atomic mass is 9.75. The molecule has 1 saturated carbocycles. The van der Waals surface area contributed by atoms with Crippen LogP contribution in [0.4, 0.5) is 4.39 Å². The number of carbonyl (C=O) groups excluding carboxylic acids is 1. The summed E-state index contributed by atoms with van der Waals surface area (Å²) in [4.78, 5) is 22.7. The Labute approximate surface area is 177 Å². The molecule has 3 fully saturated rings. The molecule has 3 aliphatic rings. The highest BCUT2D eigenvalue weighted by atomic mass is 19.1. The third-order valence-electron chi connectivity index (χ3n) is 7.26. The zero-order valence-corrected chi connectivity index (χ0v) is 17.9. The zero-order valence-electron chi connectivity index (χ0n) is 17.9. The Morgan fingerprint density at radius 1 is 1.27 bits per heavy atom. The Morgan fingerprint density at radius 2 is 2.07 bits per heavy atom. The molecular formula is C24H31FN4O. The van der Waals surface area contributed by atoms with Crippen molar-refractivity contribution in [3.63, 3.8) is 0 Å². The zero-order chi connectivity index (χ0) is 20.9. The Bertz CT molecular complexity index is 937. The minimum atomic E-state index is -0.434. The molecule has 30 heavy (non-hydrogen) atoms. The summed E-state index contributed by atoms with van der Waals surface area (Å²) < 4.78 is 16.4. The minimum Gasteiger partial charge on any atom is -0.342 e. The molecular weight excluding hydrogens is 379 g/mol. The third kappa shape index (κ3) is 3.45. The number of benzene rings is 1. The molecule has 3 heterocycles. The van der Waals surface area contributed by atoms with Gasteiger partial charge in [0.05, 0.1) is 17.4 Å². The first-order valence-electron chi connectivity index (χ1n) is 11.2. The van der Waals surface area contributed by atoms with Crippen LogP contribution >= 0.6 is 0 Å². The van der Waals surface area contributed by atoms with Gasteiger partial charge in [0.1, 0.15) is 5.82 Å². The van der Waals surface area contributed by atoms with Crippen LogP contribution in [0.25, 0.3) is 0 Å². The van der Waals surface area contributed by atoms with Gasteiger partial charge >= 0.3 is 0 Å². The average Bonchev–Trinajstić information content (AvgIpc) is 3.15. The average molecular weight is 411 g/mol. The molecule has 2 aromatic rings. The van der Waals surface area contributed by atoms with Crippen molar-refractivity contribution in [1.82, 2.24) is 19.4 Å². The number of imidazole rings is 1. The van der Waals surface area contributed by atoms with Crippen LogP contribution in [-0.2, 0) is 11.3 Å². The lowest BCUT2D eigenvalue weighted by Crippen LogP contribution is -2.40. The standard InChI is InChI=1S/C24H31FN4O/c1-17(2)29-14-22(26-16-29)20-13-27(12-19-5-3-4-6-21(19)25)15-24(20)9-10-28(23(24)30)11-18-7-8-18/h3-6,14,16-18,20H,7-13,15H2,1-2H3/t20-,24-/m0/s1. The first kappa shape index (κ1) is 19.7. The molecule has 0 radical (unpaired) electrons. The van der Waals surface area contributed by atoms with E-state index in [1.165, 1.54) is 18.9 Å². The maximum atomic E-state index is 14.3. The second-order valence-corrected chi connectivity index (χ2v) is 9.75. The number of amides is 1. The van der Waals surface area contributed by atoms with Gasteiger partial charge in [-0.05, 0) is 45.1 Å². The molecule has 5 nitrogen and oxygen atoms in total. The van der Waals surface area contributed by atoms with Crippen LogP contribution in [0.3, 0.4) is 0 Å². The maximum Gasteiger partial charge on any atom is 0.230 e. The summed E-state index contributed by atoms with van der Waals surface area (Å²) in [5.74, 6) is 0.862. The van der Waals surface area contributed by atoms with E-state index in [9.17, 15) is 9.18 Å². The number of halogens is 1. The van der Waals surface area contributed by atoms with E-state index < -0.39 is 5.41 Å². The van der Waals surface area contributed by atoms with Gasteiger partial charge in [0.15, 0.2) is 0 Å². The van der Waals surface area contributed by atoms with Crippen LogP contribution in [0, 0.1) is 17.2 Å². The van der Waals surface area contributed by atoms with Crippen molar-refractivity contribution < 1.29 is 9.18 Å². The summed E-state index contributed by atoms with van der Waals surface area (Å²) >= 11 is 0. The van der Waals surface area contributed by atoms with E-state index in [1.54, 1.807) is 6.07 Å². The quantitative estimate of drug-likeness (QED) is 0.727. The lowest BCUT2D eigenvalue weighted by Gasteiger charge is -2.28. The van der Waals surface area contributed by atoms with E-state index in [0.29, 0.717) is 30.6 Å². The summed E-state index contributed by atoms with van der Waals surface area (Å²) in [6, 6.07) is 7.30. The van der Waals surface area contributed by atoms with E-state index in [1.807, 2.05) is 18.5 Å². The van der Waals surface area contributed by atoms with Crippen LogP contribution in [-0.4, -0.2) is 51.4 Å². The monoisotopic (exact) mass is 410 g/mol. The molecule has 1 aliphatic carbocycles. The van der Waals surface area contributed by atoms with E-state index in [-0.39, 0.29) is 17.6 Å². The highest BCUT2D eigenvalue weighted by molar-refractivity contribution is 5.87. The molecule has 160 valence electrons. The van der Waals surface area contributed by atoms with Crippen LogP contribution < -0.4 is 0 Å². The van der Waals surface area contributed by atoms with Crippen LogP contribution in [0.2, 0.25) is 0 Å². The Balaban J connectivity index is 1.44. The fourth-order valence-electron chi connectivity index (χ4n) is 5.30. The van der Waals surface area contributed by atoms with Gasteiger partial charge in [0.2, 0.25) is 5.91 Å². The molecule has 1 aromatic heterocycles. The molecule has 1 spiro atoms. The normalized spacial score (nSPS) is 27.1. The second kappa shape index (κ2) is 7.49. The largest absolute Gasteiger partial charge is 0.342 e. The van der Waals surface area contributed by atoms with Gasteiger partial charge in [-0.15, -0.1) is 0 Å². The fourth-order valence-corrected chi connectivity index (χ4v) is 5.30. The molecule has 0 N–H and O–H groups in total. The molecule has 2 atom stereocenters. The summed E-state index contributed by atoms with van der Waals surface area (Å²) in [6.07, 6.45) is 7.36. The molecule has 5 rings (SSSR count). The molecule has 2 saturated heterocycles. The smallest absolute Gasteiger partial charge is 0.230 e. The third-order valence-corrected chi connectivity index (χ3v) is 7.26. The SMILES string of the molecule is CC(C)n1cnc([C@@H]2CN(Cc3ccccc3F)C[C@@]23CCN(CC2CC2)C3=O)c1. The summed E-state index contributed by atoms with van der Waals surface area (Å²) in [6.45, 7) is 7.97. The second-order valence-electron chi connectivity index (χ2n) is 9.75. The van der Waals surface area contributed by atoms with Gasteiger partial charge in [0, 0.05) is 56.4 Å². The van der Waals surface area contributed by atoms with Crippen molar-refractivity contribution in [2.45, 2.75) is 51.6 Å². The maximum absolute atomic E-state index is 14.3. The summed E-state index contributed by atoms with van der Waals surface area (Å²) in [7, 11) is 0. The van der Waals surface area contributed by atoms with E-state index in [2.05, 4.69) is 34.4 Å². The van der Waals surface area contributed by atoms with Gasteiger partial charge in [-0.2, -0.15) is 0 Å². The van der Waals surface area contributed by atoms with Crippen LogP contribution in [0.15, 0.2) is 36.8 Å². The first-order valence-corrected chi connectivity index (χ1v) is 11.2. The van der Waals surface area contributed by atoms with Crippen molar-refractivity contribution in [2.75, 3.05) is 26.2 Å². The van der Waals surface area contributed by atoms with Crippen molar-refractivity contribution in [3.05, 3.63) is 53.9 Å². The number of rotatable bonds is 6. The van der Waals surface area contributed by atoms with Crippen LogP contribution in [0.5, 0.6) is 0 Å². The Kier molecular flexibility index (Phi) is 4.92. The van der Waals surface area contributed by atoms with Gasteiger partial charge in [-0.3, -0.25) is 9.69 Å². The van der Waals surface area contributed by atoms with Gasteiger partial charge in [0.25, 0.3) is 0 Å². The minimum absolute atomic E-state index is 0.0565. The van der Waals surface area contributed by atoms with Crippen molar-refractivity contribution >= 4 is 5.91 Å². The van der Waals surface area contributed by atoms with E-state index in [4.69, 9.17) is 4.98 Å². The fraction of sp³-hybridized carbons (Fsp3) is 0.583. The number of aromatic nitrogens is 2. The Morgan fingerprint density at radius 3 is 2.77 bits per heavy atom. The highest BCUT2D eigenvalue weighted by Crippen LogP contribution is 2.50. The van der Waals surface area contributed by atoms with Crippen LogP contribution in [0.1, 0.15) is 56.3 Å². The highest BCUT2D eigenvalue weighted by Gasteiger charge is 2.58. The molecule has 1 amide bonds. The number of carbonyl (C=O) groups is 1. The number of likely N-dealkylation sites (tertiary alicyclic amines) is 2. The van der Waals surface area contributed by atoms with E-state index >= 15 is 0 Å². The number of nitrogens with zero attached hydrogens (tertiary/aromatic N) is 4. The molecule has 6 heteroatoms. The predicted molar refractivity (Wildman–Crippen MR) is 113 cm³/mol. The van der Waals surface area contributed by atoms with Crippen molar-refractivity contribution in [3.8, 4) is 0 Å². The van der Waals surface area contributed by atoms with Gasteiger partial charge in [-0.1, -0.05) is 18.2 Å². The predicted octanol–water partition coefficient (Wildman–Crippen LogP) is 3.83. The number of hydrogen-bond donors (Lipinski definition) is 0. The van der Waals surface area contributed by atoms with E-state index in [0.717, 1.165) is 31.7 Å². The first-order chi connectivity index (χ1) is 14.5. The molecule has 2 aliphatic heterocycles. The van der Waals surface area contributed by atoms with Crippen molar-refractivity contribution in [2.24, 2.45) is 11.3 Å². The van der Waals surface area contributed by atoms with Crippen molar-refractivity contribution in [1.29, 1.82) is 0 Å². The molecule has 0 unspecified atom stereocenters.